The fourth-order valence-corrected chi connectivity index (χ4v) is 1.63. The van der Waals surface area contributed by atoms with E-state index < -0.39 is 0 Å². The molecule has 1 heterocycles. The first-order chi connectivity index (χ1) is 7.75. The van der Waals surface area contributed by atoms with Crippen LogP contribution in [0.4, 0.5) is 5.69 Å². The summed E-state index contributed by atoms with van der Waals surface area (Å²) in [5.41, 5.74) is 3.50. The fraction of sp³-hybridized carbons (Fsp3) is 0.214. The minimum Gasteiger partial charge on any atom is -0.383 e. The molecule has 2 rings (SSSR count). The van der Waals surface area contributed by atoms with Gasteiger partial charge in [0.05, 0.1) is 0 Å². The van der Waals surface area contributed by atoms with Crippen molar-refractivity contribution < 1.29 is 0 Å². The number of rotatable bonds is 3. The smallest absolute Gasteiger partial charge is 0.0346 e. The summed E-state index contributed by atoms with van der Waals surface area (Å²) in [4.78, 5) is 4.12. The van der Waals surface area contributed by atoms with Gasteiger partial charge in [0.2, 0.25) is 0 Å². The summed E-state index contributed by atoms with van der Waals surface area (Å²) in [6.07, 6.45) is 3.67. The first kappa shape index (κ1) is 10.7. The van der Waals surface area contributed by atoms with Crippen LogP contribution < -0.4 is 5.32 Å². The monoisotopic (exact) mass is 212 g/mol. The quantitative estimate of drug-likeness (QED) is 0.841. The number of nitrogens with zero attached hydrogens (tertiary/aromatic N) is 1. The SMILES string of the molecule is CC(C)Nc1ccc(-c2cccnc2)cc1. The average molecular weight is 212 g/mol. The standard InChI is InChI=1S/C14H16N2/c1-11(2)16-14-7-5-12(6-8-14)13-4-3-9-15-10-13/h3-11,16H,1-2H3. The van der Waals surface area contributed by atoms with Crippen LogP contribution in [0, 0.1) is 0 Å². The molecule has 0 saturated carbocycles. The molecular weight excluding hydrogens is 196 g/mol. The first-order valence-corrected chi connectivity index (χ1v) is 5.53. The van der Waals surface area contributed by atoms with Crippen molar-refractivity contribution in [3.05, 3.63) is 48.8 Å². The number of pyridine rings is 1. The molecule has 0 radical (unpaired) electrons. The van der Waals surface area contributed by atoms with Gasteiger partial charge in [0.15, 0.2) is 0 Å². The van der Waals surface area contributed by atoms with Gasteiger partial charge in [-0.15, -0.1) is 0 Å². The molecule has 0 saturated heterocycles. The molecule has 2 heteroatoms. The molecule has 0 unspecified atom stereocenters. The molecule has 1 aromatic heterocycles. The summed E-state index contributed by atoms with van der Waals surface area (Å²) in [6, 6.07) is 12.9. The molecule has 1 N–H and O–H groups in total. The third-order valence-electron chi connectivity index (χ3n) is 2.34. The molecule has 0 atom stereocenters. The average Bonchev–Trinajstić information content (AvgIpc) is 2.30. The zero-order chi connectivity index (χ0) is 11.4. The van der Waals surface area contributed by atoms with Crippen molar-refractivity contribution >= 4 is 5.69 Å². The molecule has 0 aliphatic heterocycles. The number of benzene rings is 1. The number of nitrogens with one attached hydrogen (secondary N) is 1. The van der Waals surface area contributed by atoms with E-state index in [2.05, 4.69) is 54.5 Å². The highest BCUT2D eigenvalue weighted by Crippen LogP contribution is 2.20. The Labute approximate surface area is 96.4 Å². The predicted octanol–water partition coefficient (Wildman–Crippen LogP) is 3.57. The molecule has 82 valence electrons. The summed E-state index contributed by atoms with van der Waals surface area (Å²) in [7, 11) is 0. The Bertz CT molecular complexity index is 432. The number of anilines is 1. The maximum Gasteiger partial charge on any atom is 0.0346 e. The minimum atomic E-state index is 0.462. The Kier molecular flexibility index (Phi) is 3.20. The van der Waals surface area contributed by atoms with Crippen LogP contribution in [0.3, 0.4) is 0 Å². The van der Waals surface area contributed by atoms with Gasteiger partial charge in [0.25, 0.3) is 0 Å². The third kappa shape index (κ3) is 2.60. The molecular formula is C14H16N2. The van der Waals surface area contributed by atoms with Crippen LogP contribution in [0.5, 0.6) is 0 Å². The fourth-order valence-electron chi connectivity index (χ4n) is 1.63. The maximum absolute atomic E-state index is 4.12. The van der Waals surface area contributed by atoms with Crippen molar-refractivity contribution in [2.24, 2.45) is 0 Å². The Balaban J connectivity index is 2.20. The maximum atomic E-state index is 4.12. The van der Waals surface area contributed by atoms with Gasteiger partial charge in [0, 0.05) is 24.1 Å². The van der Waals surface area contributed by atoms with E-state index >= 15 is 0 Å². The second kappa shape index (κ2) is 4.79. The highest BCUT2D eigenvalue weighted by Gasteiger charge is 1.98. The normalized spacial score (nSPS) is 10.4. The van der Waals surface area contributed by atoms with Crippen LogP contribution in [-0.4, -0.2) is 11.0 Å². The second-order valence-corrected chi connectivity index (χ2v) is 4.12. The van der Waals surface area contributed by atoms with Crippen LogP contribution >= 0.6 is 0 Å². The summed E-state index contributed by atoms with van der Waals surface area (Å²) >= 11 is 0. The minimum absolute atomic E-state index is 0.462. The molecule has 0 amide bonds. The highest BCUT2D eigenvalue weighted by atomic mass is 14.9. The van der Waals surface area contributed by atoms with Gasteiger partial charge in [-0.05, 0) is 43.2 Å². The summed E-state index contributed by atoms with van der Waals surface area (Å²) in [6.45, 7) is 4.27. The Hall–Kier alpha value is -1.83. The first-order valence-electron chi connectivity index (χ1n) is 5.53. The molecule has 0 aliphatic rings. The van der Waals surface area contributed by atoms with Crippen molar-refractivity contribution in [3.63, 3.8) is 0 Å². The van der Waals surface area contributed by atoms with Gasteiger partial charge in [0.1, 0.15) is 0 Å². The second-order valence-electron chi connectivity index (χ2n) is 4.12. The number of hydrogen-bond acceptors (Lipinski definition) is 2. The molecule has 0 aliphatic carbocycles. The Morgan fingerprint density at radius 2 is 1.75 bits per heavy atom. The lowest BCUT2D eigenvalue weighted by Crippen LogP contribution is -2.09. The van der Waals surface area contributed by atoms with Crippen molar-refractivity contribution in [1.29, 1.82) is 0 Å². The molecule has 0 bridgehead atoms. The van der Waals surface area contributed by atoms with E-state index in [9.17, 15) is 0 Å². The van der Waals surface area contributed by atoms with E-state index in [0.29, 0.717) is 6.04 Å². The number of aromatic nitrogens is 1. The van der Waals surface area contributed by atoms with E-state index in [1.165, 1.54) is 5.56 Å². The van der Waals surface area contributed by atoms with Gasteiger partial charge in [-0.3, -0.25) is 4.98 Å². The van der Waals surface area contributed by atoms with Crippen LogP contribution in [0.15, 0.2) is 48.8 Å². The number of hydrogen-bond donors (Lipinski definition) is 1. The van der Waals surface area contributed by atoms with Crippen LogP contribution in [0.1, 0.15) is 13.8 Å². The zero-order valence-corrected chi connectivity index (χ0v) is 9.64. The highest BCUT2D eigenvalue weighted by molar-refractivity contribution is 5.65. The summed E-state index contributed by atoms with van der Waals surface area (Å²) < 4.78 is 0. The molecule has 2 aromatic rings. The molecule has 2 nitrogen and oxygen atoms in total. The molecule has 1 aromatic carbocycles. The van der Waals surface area contributed by atoms with Gasteiger partial charge < -0.3 is 5.32 Å². The summed E-state index contributed by atoms with van der Waals surface area (Å²) in [5.74, 6) is 0. The largest absolute Gasteiger partial charge is 0.383 e. The van der Waals surface area contributed by atoms with Crippen molar-refractivity contribution in [2.75, 3.05) is 5.32 Å². The lowest BCUT2D eigenvalue weighted by Gasteiger charge is -2.10. The third-order valence-corrected chi connectivity index (χ3v) is 2.34. The lowest BCUT2D eigenvalue weighted by atomic mass is 10.1. The molecule has 0 fully saturated rings. The molecule has 16 heavy (non-hydrogen) atoms. The van der Waals surface area contributed by atoms with Crippen molar-refractivity contribution in [3.8, 4) is 11.1 Å². The molecule has 0 spiro atoms. The predicted molar refractivity (Wildman–Crippen MR) is 68.4 cm³/mol. The van der Waals surface area contributed by atoms with Gasteiger partial charge in [-0.1, -0.05) is 18.2 Å². The Morgan fingerprint density at radius 3 is 2.31 bits per heavy atom. The van der Waals surface area contributed by atoms with Crippen LogP contribution in [0.25, 0.3) is 11.1 Å². The van der Waals surface area contributed by atoms with E-state index in [0.717, 1.165) is 11.3 Å². The summed E-state index contributed by atoms with van der Waals surface area (Å²) in [5, 5.41) is 3.37. The van der Waals surface area contributed by atoms with Crippen molar-refractivity contribution in [2.45, 2.75) is 19.9 Å². The Morgan fingerprint density at radius 1 is 1.00 bits per heavy atom. The van der Waals surface area contributed by atoms with E-state index in [1.54, 1.807) is 6.20 Å². The van der Waals surface area contributed by atoms with Gasteiger partial charge >= 0.3 is 0 Å². The van der Waals surface area contributed by atoms with Gasteiger partial charge in [-0.2, -0.15) is 0 Å². The van der Waals surface area contributed by atoms with E-state index in [4.69, 9.17) is 0 Å². The zero-order valence-electron chi connectivity index (χ0n) is 9.64. The lowest BCUT2D eigenvalue weighted by molar-refractivity contribution is 0.900. The topological polar surface area (TPSA) is 24.9 Å². The van der Waals surface area contributed by atoms with Crippen LogP contribution in [0.2, 0.25) is 0 Å². The van der Waals surface area contributed by atoms with E-state index in [-0.39, 0.29) is 0 Å². The van der Waals surface area contributed by atoms with Gasteiger partial charge in [-0.25, -0.2) is 0 Å². The van der Waals surface area contributed by atoms with E-state index in [1.807, 2.05) is 12.3 Å². The van der Waals surface area contributed by atoms with Crippen LogP contribution in [-0.2, 0) is 0 Å². The van der Waals surface area contributed by atoms with Crippen molar-refractivity contribution in [1.82, 2.24) is 4.98 Å².